The summed E-state index contributed by atoms with van der Waals surface area (Å²) in [6, 6.07) is 0.433. The standard InChI is InChI=1S/C16H26N2O2/c1-16(8-17-9-16)20-7-15(19)18-14-6-10-5-13(14)12-4-2-3-11(10)12/h10-14,17H,2-9H2,1H3,(H,18,19). The maximum absolute atomic E-state index is 12.1. The fourth-order valence-corrected chi connectivity index (χ4v) is 5.30. The fourth-order valence-electron chi connectivity index (χ4n) is 5.30. The summed E-state index contributed by atoms with van der Waals surface area (Å²) in [4.78, 5) is 12.1. The molecule has 20 heavy (non-hydrogen) atoms. The van der Waals surface area contributed by atoms with Crippen LogP contribution in [0.3, 0.4) is 0 Å². The van der Waals surface area contributed by atoms with Gasteiger partial charge in [0.05, 0.1) is 5.60 Å². The van der Waals surface area contributed by atoms with Crippen LogP contribution in [-0.4, -0.2) is 37.2 Å². The molecule has 1 saturated heterocycles. The third-order valence-electron chi connectivity index (χ3n) is 6.32. The van der Waals surface area contributed by atoms with Gasteiger partial charge in [0.25, 0.3) is 0 Å². The van der Waals surface area contributed by atoms with E-state index in [1.54, 1.807) is 0 Å². The lowest BCUT2D eigenvalue weighted by Gasteiger charge is -2.39. The summed E-state index contributed by atoms with van der Waals surface area (Å²) in [5.41, 5.74) is -0.122. The predicted molar refractivity (Wildman–Crippen MR) is 76.2 cm³/mol. The molecule has 0 aromatic carbocycles. The van der Waals surface area contributed by atoms with Gasteiger partial charge >= 0.3 is 0 Å². The van der Waals surface area contributed by atoms with E-state index in [4.69, 9.17) is 4.74 Å². The van der Waals surface area contributed by atoms with Crippen LogP contribution in [0.2, 0.25) is 0 Å². The second kappa shape index (κ2) is 4.70. The summed E-state index contributed by atoms with van der Waals surface area (Å²) in [5, 5.41) is 6.45. The van der Waals surface area contributed by atoms with Gasteiger partial charge in [0, 0.05) is 19.1 Å². The zero-order valence-electron chi connectivity index (χ0n) is 12.4. The smallest absolute Gasteiger partial charge is 0.246 e. The fraction of sp³-hybridized carbons (Fsp3) is 0.938. The molecule has 1 heterocycles. The van der Waals surface area contributed by atoms with Gasteiger partial charge in [0.1, 0.15) is 6.61 Å². The maximum atomic E-state index is 12.1. The number of rotatable bonds is 4. The second-order valence-electron chi connectivity index (χ2n) is 7.67. The van der Waals surface area contributed by atoms with E-state index in [2.05, 4.69) is 17.6 Å². The Morgan fingerprint density at radius 3 is 2.80 bits per heavy atom. The first-order valence-electron chi connectivity index (χ1n) is 8.29. The van der Waals surface area contributed by atoms with Gasteiger partial charge in [-0.3, -0.25) is 4.79 Å². The van der Waals surface area contributed by atoms with E-state index in [9.17, 15) is 4.79 Å². The van der Waals surface area contributed by atoms with Crippen molar-refractivity contribution in [3.05, 3.63) is 0 Å². The van der Waals surface area contributed by atoms with E-state index in [-0.39, 0.29) is 18.1 Å². The Bertz CT molecular complexity index is 407. The summed E-state index contributed by atoms with van der Waals surface area (Å²) in [6.07, 6.45) is 6.84. The molecule has 4 fully saturated rings. The van der Waals surface area contributed by atoms with Gasteiger partial charge in [-0.2, -0.15) is 0 Å². The normalized spacial score (nSPS) is 44.1. The average molecular weight is 278 g/mol. The highest BCUT2D eigenvalue weighted by molar-refractivity contribution is 5.77. The molecule has 112 valence electrons. The topological polar surface area (TPSA) is 50.4 Å². The van der Waals surface area contributed by atoms with E-state index in [0.717, 1.165) is 36.8 Å². The first-order chi connectivity index (χ1) is 9.65. The van der Waals surface area contributed by atoms with Crippen LogP contribution in [0.4, 0.5) is 0 Å². The van der Waals surface area contributed by atoms with Crippen molar-refractivity contribution in [2.24, 2.45) is 23.7 Å². The molecular weight excluding hydrogens is 252 g/mol. The molecular formula is C16H26N2O2. The summed E-state index contributed by atoms with van der Waals surface area (Å²) >= 11 is 0. The van der Waals surface area contributed by atoms with E-state index in [1.165, 1.54) is 32.1 Å². The average Bonchev–Trinajstić information content (AvgIpc) is 3.05. The number of ether oxygens (including phenoxy) is 1. The van der Waals surface area contributed by atoms with Crippen LogP contribution in [0.1, 0.15) is 39.0 Å². The monoisotopic (exact) mass is 278 g/mol. The number of hydrogen-bond acceptors (Lipinski definition) is 3. The molecule has 0 radical (unpaired) electrons. The van der Waals surface area contributed by atoms with Crippen molar-refractivity contribution >= 4 is 5.91 Å². The molecule has 3 saturated carbocycles. The van der Waals surface area contributed by atoms with Gasteiger partial charge in [0.2, 0.25) is 5.91 Å². The Morgan fingerprint density at radius 1 is 1.25 bits per heavy atom. The zero-order valence-corrected chi connectivity index (χ0v) is 12.4. The number of amides is 1. The van der Waals surface area contributed by atoms with Crippen LogP contribution >= 0.6 is 0 Å². The van der Waals surface area contributed by atoms with Gasteiger partial charge < -0.3 is 15.4 Å². The molecule has 1 amide bonds. The van der Waals surface area contributed by atoms with Gasteiger partial charge in [0.15, 0.2) is 0 Å². The van der Waals surface area contributed by atoms with Crippen molar-refractivity contribution in [2.75, 3.05) is 19.7 Å². The largest absolute Gasteiger partial charge is 0.363 e. The summed E-state index contributed by atoms with van der Waals surface area (Å²) in [6.45, 7) is 4.01. The quantitative estimate of drug-likeness (QED) is 0.815. The van der Waals surface area contributed by atoms with E-state index in [1.807, 2.05) is 0 Å². The lowest BCUT2D eigenvalue weighted by atomic mass is 9.79. The highest BCUT2D eigenvalue weighted by Crippen LogP contribution is 2.58. The minimum atomic E-state index is -0.122. The van der Waals surface area contributed by atoms with Gasteiger partial charge in [-0.1, -0.05) is 6.42 Å². The van der Waals surface area contributed by atoms with Crippen molar-refractivity contribution in [2.45, 2.75) is 50.7 Å². The molecule has 2 bridgehead atoms. The number of nitrogens with one attached hydrogen (secondary N) is 2. The van der Waals surface area contributed by atoms with Crippen LogP contribution in [0.25, 0.3) is 0 Å². The lowest BCUT2D eigenvalue weighted by Crippen LogP contribution is -2.60. The first kappa shape index (κ1) is 13.1. The Balaban J connectivity index is 1.28. The Kier molecular flexibility index (Phi) is 3.08. The van der Waals surface area contributed by atoms with E-state index >= 15 is 0 Å². The van der Waals surface area contributed by atoms with Crippen LogP contribution < -0.4 is 10.6 Å². The van der Waals surface area contributed by atoms with Crippen molar-refractivity contribution in [3.8, 4) is 0 Å². The molecule has 0 aromatic rings. The van der Waals surface area contributed by atoms with Gasteiger partial charge in [-0.25, -0.2) is 0 Å². The van der Waals surface area contributed by atoms with Crippen LogP contribution in [0.5, 0.6) is 0 Å². The molecule has 3 aliphatic carbocycles. The van der Waals surface area contributed by atoms with Crippen molar-refractivity contribution < 1.29 is 9.53 Å². The van der Waals surface area contributed by atoms with Crippen molar-refractivity contribution in [1.29, 1.82) is 0 Å². The van der Waals surface area contributed by atoms with Crippen LogP contribution in [0.15, 0.2) is 0 Å². The molecule has 5 unspecified atom stereocenters. The highest BCUT2D eigenvalue weighted by atomic mass is 16.5. The first-order valence-corrected chi connectivity index (χ1v) is 8.29. The van der Waals surface area contributed by atoms with E-state index < -0.39 is 0 Å². The number of carbonyl (C=O) groups is 1. The number of carbonyl (C=O) groups excluding carboxylic acids is 1. The highest BCUT2D eigenvalue weighted by Gasteiger charge is 2.54. The molecule has 5 atom stereocenters. The Labute approximate surface area is 121 Å². The van der Waals surface area contributed by atoms with Crippen LogP contribution in [-0.2, 0) is 9.53 Å². The molecule has 2 N–H and O–H groups in total. The zero-order chi connectivity index (χ0) is 13.7. The van der Waals surface area contributed by atoms with Crippen LogP contribution in [0, 0.1) is 23.7 Å². The van der Waals surface area contributed by atoms with Crippen molar-refractivity contribution in [3.63, 3.8) is 0 Å². The minimum absolute atomic E-state index is 0.0882. The third kappa shape index (κ3) is 2.08. The summed E-state index contributed by atoms with van der Waals surface area (Å²) < 4.78 is 5.73. The Hall–Kier alpha value is -0.610. The number of hydrogen-bond donors (Lipinski definition) is 2. The third-order valence-corrected chi connectivity index (χ3v) is 6.32. The Morgan fingerprint density at radius 2 is 2.05 bits per heavy atom. The molecule has 4 rings (SSSR count). The summed E-state index contributed by atoms with van der Waals surface area (Å²) in [5.74, 6) is 3.65. The molecule has 0 spiro atoms. The molecule has 4 nitrogen and oxygen atoms in total. The second-order valence-corrected chi connectivity index (χ2v) is 7.67. The minimum Gasteiger partial charge on any atom is -0.363 e. The SMILES string of the molecule is CC1(OCC(=O)NC2CC3CC2C2CCCC32)CNC1. The molecule has 1 aliphatic heterocycles. The molecule has 4 aliphatic rings. The lowest BCUT2D eigenvalue weighted by molar-refractivity contribution is -0.137. The predicted octanol–water partition coefficient (Wildman–Crippen LogP) is 1.31. The number of fused-ring (bicyclic) bond motifs is 5. The maximum Gasteiger partial charge on any atom is 0.246 e. The van der Waals surface area contributed by atoms with Gasteiger partial charge in [-0.15, -0.1) is 0 Å². The molecule has 4 heteroatoms. The van der Waals surface area contributed by atoms with Crippen molar-refractivity contribution in [1.82, 2.24) is 10.6 Å². The van der Waals surface area contributed by atoms with E-state index in [0.29, 0.717) is 6.04 Å². The van der Waals surface area contributed by atoms with Gasteiger partial charge in [-0.05, 0) is 56.3 Å². The molecule has 0 aromatic heterocycles. The summed E-state index contributed by atoms with van der Waals surface area (Å²) in [7, 11) is 0.